The van der Waals surface area contributed by atoms with Crippen LogP contribution in [0.3, 0.4) is 0 Å². The van der Waals surface area contributed by atoms with Gasteiger partial charge in [-0.2, -0.15) is 0 Å². The summed E-state index contributed by atoms with van der Waals surface area (Å²) in [5.74, 6) is -0.399. The van der Waals surface area contributed by atoms with Crippen LogP contribution in [-0.2, 0) is 11.2 Å². The van der Waals surface area contributed by atoms with Crippen LogP contribution >= 0.6 is 11.6 Å². The van der Waals surface area contributed by atoms with Crippen LogP contribution in [0.5, 0.6) is 5.75 Å². The van der Waals surface area contributed by atoms with Crippen molar-refractivity contribution in [3.63, 3.8) is 0 Å². The van der Waals surface area contributed by atoms with Gasteiger partial charge in [-0.05, 0) is 62.0 Å². The second-order valence-corrected chi connectivity index (χ2v) is 6.28. The van der Waals surface area contributed by atoms with Crippen molar-refractivity contribution in [2.75, 3.05) is 0 Å². The number of allylic oxidation sites excluding steroid dienone is 6. The summed E-state index contributed by atoms with van der Waals surface area (Å²) in [6.45, 7) is 9.27. The molecule has 3 nitrogen and oxygen atoms in total. The lowest BCUT2D eigenvalue weighted by atomic mass is 10.0. The van der Waals surface area contributed by atoms with E-state index in [4.69, 9.17) is 16.3 Å². The first-order valence-electron chi connectivity index (χ1n) is 8.21. The third kappa shape index (κ3) is 8.41. The quantitative estimate of drug-likeness (QED) is 0.314. The molecule has 0 radical (unpaired) electrons. The van der Waals surface area contributed by atoms with Crippen LogP contribution in [0.15, 0.2) is 72.3 Å². The van der Waals surface area contributed by atoms with Gasteiger partial charge in [0.25, 0.3) is 0 Å². The first-order chi connectivity index (χ1) is 12.0. The fourth-order valence-electron chi connectivity index (χ4n) is 2.19. The van der Waals surface area contributed by atoms with E-state index in [-0.39, 0.29) is 0 Å². The Labute approximate surface area is 155 Å². The highest BCUT2D eigenvalue weighted by atomic mass is 35.5. The highest BCUT2D eigenvalue weighted by molar-refractivity contribution is 6.29. The average molecular weight is 361 g/mol. The standard InChI is InChI=1S/C21H25ClO3/c1-4-6-7-8-20(21(23)24)25-19-13-11-18(12-14-19)15-17(5-2)10-9-16(3)22/h4-5,9-14,20H,1-2,6-8,15H2,3H3,(H,23,24)/b16-9+,17-10+. The van der Waals surface area contributed by atoms with Crippen molar-refractivity contribution in [2.24, 2.45) is 0 Å². The highest BCUT2D eigenvalue weighted by Crippen LogP contribution is 2.19. The van der Waals surface area contributed by atoms with E-state index >= 15 is 0 Å². The number of carbonyl (C=O) groups is 1. The van der Waals surface area contributed by atoms with Crippen LogP contribution < -0.4 is 4.74 Å². The number of hydrogen-bond acceptors (Lipinski definition) is 2. The summed E-state index contributed by atoms with van der Waals surface area (Å²) in [7, 11) is 0. The number of hydrogen-bond donors (Lipinski definition) is 1. The second kappa shape index (κ2) is 11.3. The van der Waals surface area contributed by atoms with Gasteiger partial charge < -0.3 is 9.84 Å². The molecule has 0 saturated carbocycles. The Balaban J connectivity index is 2.72. The van der Waals surface area contributed by atoms with E-state index in [1.165, 1.54) is 0 Å². The Morgan fingerprint density at radius 2 is 1.96 bits per heavy atom. The van der Waals surface area contributed by atoms with Gasteiger partial charge in [-0.15, -0.1) is 6.58 Å². The highest BCUT2D eigenvalue weighted by Gasteiger charge is 2.18. The van der Waals surface area contributed by atoms with Crippen molar-refractivity contribution in [1.82, 2.24) is 0 Å². The van der Waals surface area contributed by atoms with E-state index in [1.54, 1.807) is 24.3 Å². The molecule has 0 aliphatic rings. The van der Waals surface area contributed by atoms with Crippen LogP contribution in [0.25, 0.3) is 0 Å². The van der Waals surface area contributed by atoms with Gasteiger partial charge in [-0.3, -0.25) is 0 Å². The number of benzene rings is 1. The molecule has 25 heavy (non-hydrogen) atoms. The molecule has 1 unspecified atom stereocenters. The Hall–Kier alpha value is -2.26. The molecule has 1 aromatic rings. The maximum absolute atomic E-state index is 11.3. The molecule has 0 fully saturated rings. The molecule has 4 heteroatoms. The normalized spacial score (nSPS) is 13.2. The van der Waals surface area contributed by atoms with E-state index in [0.29, 0.717) is 23.6 Å². The minimum atomic E-state index is -0.951. The zero-order valence-electron chi connectivity index (χ0n) is 14.6. The van der Waals surface area contributed by atoms with Crippen molar-refractivity contribution in [2.45, 2.75) is 38.7 Å². The predicted octanol–water partition coefficient (Wildman–Crippen LogP) is 5.67. The summed E-state index contributed by atoms with van der Waals surface area (Å²) in [6.07, 6.45) is 9.17. The molecule has 0 saturated heterocycles. The van der Waals surface area contributed by atoms with Gasteiger partial charge in [0, 0.05) is 5.03 Å². The molecule has 0 amide bonds. The van der Waals surface area contributed by atoms with Crippen LogP contribution in [0.4, 0.5) is 0 Å². The Kier molecular flexibility index (Phi) is 9.41. The minimum absolute atomic E-state index is 0.455. The van der Waals surface area contributed by atoms with Crippen molar-refractivity contribution >= 4 is 17.6 Å². The molecule has 134 valence electrons. The molecule has 0 spiro atoms. The minimum Gasteiger partial charge on any atom is -0.479 e. The fraction of sp³-hybridized carbons (Fsp3) is 0.286. The summed E-state index contributed by atoms with van der Waals surface area (Å²) in [6, 6.07) is 7.43. The smallest absolute Gasteiger partial charge is 0.344 e. The van der Waals surface area contributed by atoms with Gasteiger partial charge in [0.05, 0.1) is 0 Å². The molecular formula is C21H25ClO3. The third-order valence-electron chi connectivity index (χ3n) is 3.55. The van der Waals surface area contributed by atoms with Crippen LogP contribution in [0, 0.1) is 0 Å². The SMILES string of the molecule is C=CCCCC(Oc1ccc(C/C(C=C)=C/C=C(\C)Cl)cc1)C(=O)O. The van der Waals surface area contributed by atoms with Crippen molar-refractivity contribution < 1.29 is 14.6 Å². The van der Waals surface area contributed by atoms with E-state index < -0.39 is 12.1 Å². The van der Waals surface area contributed by atoms with Crippen molar-refractivity contribution in [1.29, 1.82) is 0 Å². The van der Waals surface area contributed by atoms with E-state index in [2.05, 4.69) is 13.2 Å². The summed E-state index contributed by atoms with van der Waals surface area (Å²) in [5.41, 5.74) is 2.12. The summed E-state index contributed by atoms with van der Waals surface area (Å²) >= 11 is 5.83. The molecule has 0 heterocycles. The second-order valence-electron chi connectivity index (χ2n) is 5.68. The molecule has 1 rings (SSSR count). The topological polar surface area (TPSA) is 46.5 Å². The Bertz CT molecular complexity index is 638. The molecule has 0 bridgehead atoms. The van der Waals surface area contributed by atoms with Crippen molar-refractivity contribution in [3.8, 4) is 5.75 Å². The number of rotatable bonds is 11. The van der Waals surface area contributed by atoms with Crippen LogP contribution in [0.2, 0.25) is 0 Å². The van der Waals surface area contributed by atoms with E-state index in [1.807, 2.05) is 31.2 Å². The first-order valence-corrected chi connectivity index (χ1v) is 8.58. The van der Waals surface area contributed by atoms with Gasteiger partial charge in [0.2, 0.25) is 0 Å². The van der Waals surface area contributed by atoms with Gasteiger partial charge in [-0.1, -0.05) is 48.5 Å². The first kappa shape index (κ1) is 20.8. The molecule has 0 aliphatic heterocycles. The van der Waals surface area contributed by atoms with Crippen LogP contribution in [-0.4, -0.2) is 17.2 Å². The molecule has 1 atom stereocenters. The van der Waals surface area contributed by atoms with E-state index in [9.17, 15) is 9.90 Å². The monoisotopic (exact) mass is 360 g/mol. The zero-order valence-corrected chi connectivity index (χ0v) is 15.3. The van der Waals surface area contributed by atoms with Crippen molar-refractivity contribution in [3.05, 3.63) is 77.9 Å². The molecular weight excluding hydrogens is 336 g/mol. The number of ether oxygens (including phenoxy) is 1. The van der Waals surface area contributed by atoms with Crippen LogP contribution in [0.1, 0.15) is 31.7 Å². The number of halogens is 1. The largest absolute Gasteiger partial charge is 0.479 e. The maximum Gasteiger partial charge on any atom is 0.344 e. The average Bonchev–Trinajstić information content (AvgIpc) is 2.58. The molecule has 0 aromatic heterocycles. The predicted molar refractivity (Wildman–Crippen MR) is 104 cm³/mol. The lowest BCUT2D eigenvalue weighted by Gasteiger charge is -2.15. The number of carboxylic acid groups (broad SMARTS) is 1. The third-order valence-corrected chi connectivity index (χ3v) is 3.68. The number of aliphatic carboxylic acids is 1. The lowest BCUT2D eigenvalue weighted by Crippen LogP contribution is -2.26. The lowest BCUT2D eigenvalue weighted by molar-refractivity contribution is -0.145. The molecule has 1 aromatic carbocycles. The fourth-order valence-corrected chi connectivity index (χ4v) is 2.25. The Morgan fingerprint density at radius 3 is 2.48 bits per heavy atom. The van der Waals surface area contributed by atoms with Gasteiger partial charge in [0.1, 0.15) is 5.75 Å². The van der Waals surface area contributed by atoms with Gasteiger partial charge in [0.15, 0.2) is 6.10 Å². The van der Waals surface area contributed by atoms with Gasteiger partial charge in [-0.25, -0.2) is 4.79 Å². The van der Waals surface area contributed by atoms with E-state index in [0.717, 1.165) is 24.0 Å². The summed E-state index contributed by atoms with van der Waals surface area (Å²) in [5, 5.41) is 9.97. The molecule has 1 N–H and O–H groups in total. The number of carboxylic acids is 1. The summed E-state index contributed by atoms with van der Waals surface area (Å²) in [4.78, 5) is 11.3. The summed E-state index contributed by atoms with van der Waals surface area (Å²) < 4.78 is 5.59. The maximum atomic E-state index is 11.3. The number of unbranched alkanes of at least 4 members (excludes halogenated alkanes) is 1. The van der Waals surface area contributed by atoms with Gasteiger partial charge >= 0.3 is 5.97 Å². The zero-order chi connectivity index (χ0) is 18.7. The molecule has 0 aliphatic carbocycles. The Morgan fingerprint density at radius 1 is 1.28 bits per heavy atom.